The molecule has 3 nitrogen and oxygen atoms in total. The Bertz CT molecular complexity index is 1200. The lowest BCUT2D eigenvalue weighted by molar-refractivity contribution is -0.142. The molecule has 0 saturated carbocycles. The third-order valence-corrected chi connectivity index (χ3v) is 4.32. The summed E-state index contributed by atoms with van der Waals surface area (Å²) in [7, 11) is 0. The van der Waals surface area contributed by atoms with E-state index in [1.165, 1.54) is 24.3 Å². The average Bonchev–Trinajstić information content (AvgIpc) is 2.60. The zero-order valence-electron chi connectivity index (χ0n) is 13.1. The van der Waals surface area contributed by atoms with Gasteiger partial charge in [-0.25, -0.2) is 4.98 Å². The summed E-state index contributed by atoms with van der Waals surface area (Å²) < 4.78 is 41.8. The van der Waals surface area contributed by atoms with Crippen molar-refractivity contribution in [3.8, 4) is 5.69 Å². The minimum atomic E-state index is -4.72. The highest BCUT2D eigenvalue weighted by atomic mass is 35.5. The van der Waals surface area contributed by atoms with Gasteiger partial charge in [-0.2, -0.15) is 13.2 Å². The van der Waals surface area contributed by atoms with Gasteiger partial charge < -0.3 is 0 Å². The number of rotatable bonds is 1. The van der Waals surface area contributed by atoms with Gasteiger partial charge in [-0.1, -0.05) is 29.8 Å². The molecule has 0 aliphatic carbocycles. The molecule has 0 aliphatic rings. The quantitative estimate of drug-likeness (QED) is 0.429. The maximum absolute atomic E-state index is 13.6. The Hall–Kier alpha value is -2.86. The molecule has 0 fully saturated rings. The zero-order valence-corrected chi connectivity index (χ0v) is 13.8. The Morgan fingerprint density at radius 1 is 0.962 bits per heavy atom. The lowest BCUT2D eigenvalue weighted by Gasteiger charge is -2.18. The summed E-state index contributed by atoms with van der Waals surface area (Å²) in [6.07, 6.45) is -4.72. The summed E-state index contributed by atoms with van der Waals surface area (Å²) in [5, 5.41) is 1.19. The van der Waals surface area contributed by atoms with Crippen LogP contribution in [0.25, 0.3) is 27.6 Å². The highest BCUT2D eigenvalue weighted by Gasteiger charge is 2.36. The highest BCUT2D eigenvalue weighted by molar-refractivity contribution is 6.30. The van der Waals surface area contributed by atoms with Gasteiger partial charge >= 0.3 is 6.18 Å². The molecule has 26 heavy (non-hydrogen) atoms. The Labute approximate surface area is 150 Å². The minimum Gasteiger partial charge on any atom is -0.290 e. The molecular weight excluding hydrogens is 365 g/mol. The van der Waals surface area contributed by atoms with Crippen molar-refractivity contribution < 1.29 is 13.2 Å². The van der Waals surface area contributed by atoms with E-state index in [0.717, 1.165) is 4.57 Å². The number of benzene rings is 2. The van der Waals surface area contributed by atoms with Crippen LogP contribution >= 0.6 is 11.6 Å². The number of nitrogens with zero attached hydrogens (tertiary/aromatic N) is 2. The van der Waals surface area contributed by atoms with Gasteiger partial charge in [0.2, 0.25) is 0 Å². The van der Waals surface area contributed by atoms with Crippen LogP contribution in [0.2, 0.25) is 5.02 Å². The second kappa shape index (κ2) is 5.85. The molecule has 130 valence electrons. The van der Waals surface area contributed by atoms with Gasteiger partial charge in [-0.05, 0) is 36.4 Å². The van der Waals surface area contributed by atoms with Gasteiger partial charge in [0, 0.05) is 22.2 Å². The topological polar surface area (TPSA) is 34.9 Å². The lowest BCUT2D eigenvalue weighted by Crippen LogP contribution is -2.21. The third-order valence-electron chi connectivity index (χ3n) is 4.07. The number of pyridine rings is 2. The summed E-state index contributed by atoms with van der Waals surface area (Å²) >= 11 is 5.85. The summed E-state index contributed by atoms with van der Waals surface area (Å²) in [6.45, 7) is 0. The van der Waals surface area contributed by atoms with Crippen molar-refractivity contribution in [3.63, 3.8) is 0 Å². The molecule has 0 unspecified atom stereocenters. The predicted molar refractivity (Wildman–Crippen MR) is 94.9 cm³/mol. The van der Waals surface area contributed by atoms with Gasteiger partial charge in [-0.3, -0.25) is 9.36 Å². The standard InChI is InChI=1S/C19H10ClF3N2O/c20-12-5-7-13(8-6-12)25-17(19(21,22)23)10-16(26)14-9-11-3-1-2-4-15(11)24-18(14)25/h1-10H. The molecule has 0 aliphatic heterocycles. The van der Waals surface area contributed by atoms with Crippen molar-refractivity contribution in [2.24, 2.45) is 0 Å². The molecule has 7 heteroatoms. The van der Waals surface area contributed by atoms with Crippen LogP contribution in [0.15, 0.2) is 65.5 Å². The maximum atomic E-state index is 13.6. The largest absolute Gasteiger partial charge is 0.431 e. The Balaban J connectivity index is 2.20. The monoisotopic (exact) mass is 374 g/mol. The highest BCUT2D eigenvalue weighted by Crippen LogP contribution is 2.33. The summed E-state index contributed by atoms with van der Waals surface area (Å²) in [5.41, 5.74) is -1.14. The van der Waals surface area contributed by atoms with Crippen LogP contribution in [0.4, 0.5) is 13.2 Å². The van der Waals surface area contributed by atoms with E-state index >= 15 is 0 Å². The van der Waals surface area contributed by atoms with Crippen LogP contribution in [0, 0.1) is 0 Å². The maximum Gasteiger partial charge on any atom is 0.431 e. The van der Waals surface area contributed by atoms with Gasteiger partial charge in [0.15, 0.2) is 5.43 Å². The molecule has 4 rings (SSSR count). The Morgan fingerprint density at radius 2 is 1.65 bits per heavy atom. The lowest BCUT2D eigenvalue weighted by atomic mass is 10.1. The first-order valence-electron chi connectivity index (χ1n) is 7.63. The molecule has 0 atom stereocenters. The molecule has 2 aromatic carbocycles. The minimum absolute atomic E-state index is 0.0501. The number of aromatic nitrogens is 2. The number of para-hydroxylation sites is 1. The number of halogens is 4. The fourth-order valence-electron chi connectivity index (χ4n) is 2.90. The molecule has 2 heterocycles. The predicted octanol–water partition coefficient (Wildman–Crippen LogP) is 5.21. The van der Waals surface area contributed by atoms with Gasteiger partial charge in [-0.15, -0.1) is 0 Å². The third kappa shape index (κ3) is 2.72. The van der Waals surface area contributed by atoms with Crippen molar-refractivity contribution in [3.05, 3.63) is 81.6 Å². The average molecular weight is 375 g/mol. The molecule has 0 saturated heterocycles. The molecule has 2 aromatic heterocycles. The van der Waals surface area contributed by atoms with E-state index in [1.807, 2.05) is 0 Å². The molecule has 0 spiro atoms. The summed E-state index contributed by atoms with van der Waals surface area (Å²) in [6, 6.07) is 15.0. The first-order valence-corrected chi connectivity index (χ1v) is 8.01. The zero-order chi connectivity index (χ0) is 18.5. The van der Waals surface area contributed by atoms with Gasteiger partial charge in [0.05, 0.1) is 10.9 Å². The fraction of sp³-hybridized carbons (Fsp3) is 0.0526. The van der Waals surface area contributed by atoms with E-state index in [1.54, 1.807) is 30.3 Å². The van der Waals surface area contributed by atoms with E-state index in [9.17, 15) is 18.0 Å². The second-order valence-corrected chi connectivity index (χ2v) is 6.19. The van der Waals surface area contributed by atoms with E-state index < -0.39 is 17.3 Å². The van der Waals surface area contributed by atoms with E-state index in [0.29, 0.717) is 22.0 Å². The van der Waals surface area contributed by atoms with Crippen LogP contribution in [-0.4, -0.2) is 9.55 Å². The summed E-state index contributed by atoms with van der Waals surface area (Å²) in [4.78, 5) is 16.7. The number of hydrogen-bond donors (Lipinski definition) is 0. The summed E-state index contributed by atoms with van der Waals surface area (Å²) in [5.74, 6) is 0. The van der Waals surface area contributed by atoms with E-state index in [4.69, 9.17) is 11.6 Å². The normalized spacial score (nSPS) is 12.0. The van der Waals surface area contributed by atoms with Crippen LogP contribution in [0.3, 0.4) is 0 Å². The fourth-order valence-corrected chi connectivity index (χ4v) is 3.02. The van der Waals surface area contributed by atoms with Crippen molar-refractivity contribution in [2.75, 3.05) is 0 Å². The number of alkyl halides is 3. The van der Waals surface area contributed by atoms with Crippen LogP contribution < -0.4 is 5.43 Å². The number of fused-ring (bicyclic) bond motifs is 2. The molecule has 0 radical (unpaired) electrons. The molecule has 0 amide bonds. The van der Waals surface area contributed by atoms with Crippen molar-refractivity contribution in [2.45, 2.75) is 6.18 Å². The van der Waals surface area contributed by atoms with Crippen molar-refractivity contribution >= 4 is 33.5 Å². The van der Waals surface area contributed by atoms with Crippen LogP contribution in [-0.2, 0) is 6.18 Å². The Kier molecular flexibility index (Phi) is 3.73. The first-order chi connectivity index (χ1) is 12.3. The smallest absolute Gasteiger partial charge is 0.290 e. The van der Waals surface area contributed by atoms with Gasteiger partial charge in [0.1, 0.15) is 11.3 Å². The molecule has 4 aromatic rings. The van der Waals surface area contributed by atoms with E-state index in [-0.39, 0.29) is 16.7 Å². The molecular formula is C19H10ClF3N2O. The van der Waals surface area contributed by atoms with E-state index in [2.05, 4.69) is 4.98 Å². The number of hydrogen-bond acceptors (Lipinski definition) is 2. The van der Waals surface area contributed by atoms with Gasteiger partial charge in [0.25, 0.3) is 0 Å². The van der Waals surface area contributed by atoms with Crippen LogP contribution in [0.5, 0.6) is 0 Å². The van der Waals surface area contributed by atoms with Crippen LogP contribution in [0.1, 0.15) is 5.69 Å². The SMILES string of the molecule is O=c1cc(C(F)(F)F)n(-c2ccc(Cl)cc2)c2nc3ccccc3cc12. The molecule has 0 N–H and O–H groups in total. The van der Waals surface area contributed by atoms with Crippen molar-refractivity contribution in [1.29, 1.82) is 0 Å². The Morgan fingerprint density at radius 3 is 2.35 bits per heavy atom. The molecule has 0 bridgehead atoms. The first kappa shape index (κ1) is 16.6. The second-order valence-electron chi connectivity index (χ2n) is 5.76. The van der Waals surface area contributed by atoms with Crippen molar-refractivity contribution in [1.82, 2.24) is 9.55 Å².